The second-order valence-electron chi connectivity index (χ2n) is 3.45. The second-order valence-corrected chi connectivity index (χ2v) is 4.66. The van der Waals surface area contributed by atoms with Crippen molar-refractivity contribution in [2.45, 2.75) is 25.1 Å². The molecule has 2 rings (SSSR count). The van der Waals surface area contributed by atoms with E-state index in [0.717, 1.165) is 11.4 Å². The Morgan fingerprint density at radius 3 is 2.92 bits per heavy atom. The quantitative estimate of drug-likeness (QED) is 0.676. The molecule has 68 valence electrons. The van der Waals surface area contributed by atoms with Crippen LogP contribution in [0.25, 0.3) is 0 Å². The van der Waals surface area contributed by atoms with Crippen LogP contribution in [0.4, 0.5) is 0 Å². The summed E-state index contributed by atoms with van der Waals surface area (Å²) < 4.78 is 1.85. The van der Waals surface area contributed by atoms with Gasteiger partial charge in [-0.3, -0.25) is 0 Å². The summed E-state index contributed by atoms with van der Waals surface area (Å²) in [6.45, 7) is 4.18. The van der Waals surface area contributed by atoms with Crippen molar-refractivity contribution in [2.75, 3.05) is 5.75 Å². The predicted molar refractivity (Wildman–Crippen MR) is 52.5 cm³/mol. The lowest BCUT2D eigenvalue weighted by Crippen LogP contribution is -2.00. The maximum Gasteiger partial charge on any atom is 0.140 e. The molecule has 0 N–H and O–H groups in total. The van der Waals surface area contributed by atoms with Crippen molar-refractivity contribution in [3.63, 3.8) is 0 Å². The average Bonchev–Trinajstić information content (AvgIpc) is 2.84. The summed E-state index contributed by atoms with van der Waals surface area (Å²) in [5, 5.41) is 13.7. The van der Waals surface area contributed by atoms with Crippen molar-refractivity contribution in [1.82, 2.24) is 9.78 Å². The number of hydrogen-bond acceptors (Lipinski definition) is 3. The van der Waals surface area contributed by atoms with Gasteiger partial charge in [0.2, 0.25) is 0 Å². The largest absolute Gasteiger partial charge is 0.241 e. The Balaban J connectivity index is 2.38. The third-order valence-electron chi connectivity index (χ3n) is 2.05. The third-order valence-corrected chi connectivity index (χ3v) is 2.88. The summed E-state index contributed by atoms with van der Waals surface area (Å²) in [6, 6.07) is 4.07. The minimum absolute atomic E-state index is 0.400. The molecule has 1 fully saturated rings. The minimum Gasteiger partial charge on any atom is -0.241 e. The monoisotopic (exact) mass is 193 g/mol. The van der Waals surface area contributed by atoms with E-state index < -0.39 is 0 Å². The first-order chi connectivity index (χ1) is 6.22. The molecule has 0 aliphatic carbocycles. The molecule has 4 heteroatoms. The Labute approximate surface area is 81.7 Å². The van der Waals surface area contributed by atoms with Crippen LogP contribution in [0.15, 0.2) is 6.07 Å². The molecule has 1 aromatic rings. The standard InChI is InChI=1S/C9H11N3S/c1-6(2)8-3-7(4-10)12(11-8)9-5-13-9/h3,6,9H,5H2,1-2H3. The van der Waals surface area contributed by atoms with Crippen LogP contribution >= 0.6 is 11.8 Å². The van der Waals surface area contributed by atoms with E-state index >= 15 is 0 Å². The molecule has 1 saturated heterocycles. The molecule has 1 aromatic heterocycles. The summed E-state index contributed by atoms with van der Waals surface area (Å²) in [4.78, 5) is 0. The van der Waals surface area contributed by atoms with Crippen LogP contribution < -0.4 is 0 Å². The molecule has 0 spiro atoms. The number of nitriles is 1. The van der Waals surface area contributed by atoms with Gasteiger partial charge >= 0.3 is 0 Å². The van der Waals surface area contributed by atoms with Crippen LogP contribution in [0.5, 0.6) is 0 Å². The lowest BCUT2D eigenvalue weighted by molar-refractivity contribution is 0.652. The fourth-order valence-corrected chi connectivity index (χ4v) is 1.71. The van der Waals surface area contributed by atoms with E-state index in [1.165, 1.54) is 0 Å². The molecular weight excluding hydrogens is 182 g/mol. The van der Waals surface area contributed by atoms with Gasteiger partial charge in [-0.05, 0) is 12.0 Å². The Morgan fingerprint density at radius 2 is 2.46 bits per heavy atom. The first kappa shape index (κ1) is 8.64. The van der Waals surface area contributed by atoms with Crippen LogP contribution in [-0.2, 0) is 0 Å². The molecule has 1 aliphatic rings. The van der Waals surface area contributed by atoms with Crippen molar-refractivity contribution >= 4 is 11.8 Å². The molecule has 1 atom stereocenters. The highest BCUT2D eigenvalue weighted by Crippen LogP contribution is 2.42. The van der Waals surface area contributed by atoms with E-state index in [0.29, 0.717) is 17.0 Å². The van der Waals surface area contributed by atoms with E-state index in [4.69, 9.17) is 5.26 Å². The Morgan fingerprint density at radius 1 is 1.77 bits per heavy atom. The van der Waals surface area contributed by atoms with Gasteiger partial charge < -0.3 is 0 Å². The highest BCUT2D eigenvalue weighted by molar-refractivity contribution is 8.06. The molecular formula is C9H11N3S. The van der Waals surface area contributed by atoms with Gasteiger partial charge in [-0.2, -0.15) is 10.4 Å². The summed E-state index contributed by atoms with van der Waals surface area (Å²) >= 11 is 1.83. The van der Waals surface area contributed by atoms with Gasteiger partial charge in [0.05, 0.1) is 5.69 Å². The second kappa shape index (κ2) is 3.08. The Bertz CT molecular complexity index is 357. The number of hydrogen-bond donors (Lipinski definition) is 0. The molecule has 0 saturated carbocycles. The summed E-state index contributed by atoms with van der Waals surface area (Å²) in [6.07, 6.45) is 0. The van der Waals surface area contributed by atoms with Gasteiger partial charge in [0.15, 0.2) is 0 Å². The predicted octanol–water partition coefficient (Wildman–Crippen LogP) is 2.12. The zero-order chi connectivity index (χ0) is 9.42. The van der Waals surface area contributed by atoms with Crippen LogP contribution in [0, 0.1) is 11.3 Å². The fraction of sp³-hybridized carbons (Fsp3) is 0.556. The van der Waals surface area contributed by atoms with E-state index in [9.17, 15) is 0 Å². The van der Waals surface area contributed by atoms with Crippen LogP contribution in [0.3, 0.4) is 0 Å². The first-order valence-electron chi connectivity index (χ1n) is 4.33. The average molecular weight is 193 g/mol. The van der Waals surface area contributed by atoms with Crippen molar-refractivity contribution in [3.8, 4) is 6.07 Å². The Kier molecular flexibility index (Phi) is 2.04. The number of nitrogens with zero attached hydrogens (tertiary/aromatic N) is 3. The number of aromatic nitrogens is 2. The van der Waals surface area contributed by atoms with E-state index in [1.807, 2.05) is 22.5 Å². The van der Waals surface area contributed by atoms with Gasteiger partial charge in [-0.15, -0.1) is 11.8 Å². The van der Waals surface area contributed by atoms with Crippen molar-refractivity contribution < 1.29 is 0 Å². The molecule has 13 heavy (non-hydrogen) atoms. The summed E-state index contributed by atoms with van der Waals surface area (Å²) in [5.74, 6) is 1.49. The topological polar surface area (TPSA) is 41.6 Å². The summed E-state index contributed by atoms with van der Waals surface area (Å²) in [5.41, 5.74) is 1.71. The minimum atomic E-state index is 0.400. The Hall–Kier alpha value is -0.950. The van der Waals surface area contributed by atoms with Crippen LogP contribution in [0.2, 0.25) is 0 Å². The first-order valence-corrected chi connectivity index (χ1v) is 5.38. The molecule has 2 heterocycles. The highest BCUT2D eigenvalue weighted by Gasteiger charge is 2.28. The van der Waals surface area contributed by atoms with Crippen molar-refractivity contribution in [3.05, 3.63) is 17.5 Å². The van der Waals surface area contributed by atoms with Gasteiger partial charge in [-0.25, -0.2) is 4.68 Å². The number of thioether (sulfide) groups is 1. The molecule has 1 unspecified atom stereocenters. The fourth-order valence-electron chi connectivity index (χ4n) is 1.18. The maximum absolute atomic E-state index is 8.87. The van der Waals surface area contributed by atoms with Crippen molar-refractivity contribution in [2.24, 2.45) is 0 Å². The lowest BCUT2D eigenvalue weighted by Gasteiger charge is -1.98. The van der Waals surface area contributed by atoms with Gasteiger partial charge in [0, 0.05) is 5.75 Å². The SMILES string of the molecule is CC(C)c1cc(C#N)n(C2CS2)n1. The highest BCUT2D eigenvalue weighted by atomic mass is 32.2. The lowest BCUT2D eigenvalue weighted by atomic mass is 10.1. The number of rotatable bonds is 2. The maximum atomic E-state index is 8.87. The van der Waals surface area contributed by atoms with Gasteiger partial charge in [0.25, 0.3) is 0 Å². The molecule has 3 nitrogen and oxygen atoms in total. The molecule has 0 radical (unpaired) electrons. The normalized spacial score (nSPS) is 20.3. The van der Waals surface area contributed by atoms with E-state index in [2.05, 4.69) is 25.0 Å². The third kappa shape index (κ3) is 1.56. The van der Waals surface area contributed by atoms with Gasteiger partial charge in [-0.1, -0.05) is 13.8 Å². The van der Waals surface area contributed by atoms with Crippen LogP contribution in [0.1, 0.15) is 36.5 Å². The summed E-state index contributed by atoms with van der Waals surface area (Å²) in [7, 11) is 0. The van der Waals surface area contributed by atoms with Crippen molar-refractivity contribution in [1.29, 1.82) is 5.26 Å². The molecule has 0 aromatic carbocycles. The zero-order valence-electron chi connectivity index (χ0n) is 7.69. The molecule has 0 bridgehead atoms. The van der Waals surface area contributed by atoms with E-state index in [-0.39, 0.29) is 0 Å². The van der Waals surface area contributed by atoms with Gasteiger partial charge in [0.1, 0.15) is 17.1 Å². The smallest absolute Gasteiger partial charge is 0.140 e. The van der Waals surface area contributed by atoms with E-state index in [1.54, 1.807) is 0 Å². The molecule has 0 amide bonds. The zero-order valence-corrected chi connectivity index (χ0v) is 8.51. The van der Waals surface area contributed by atoms with Crippen LogP contribution in [-0.4, -0.2) is 15.5 Å². The molecule has 1 aliphatic heterocycles.